The number of alkyl halides is 3. The van der Waals surface area contributed by atoms with Crippen LogP contribution in [0.5, 0.6) is 0 Å². The number of pyridine rings is 1. The number of aromatic nitrogens is 4. The maximum absolute atomic E-state index is 14.2. The number of hydrogen-bond donors (Lipinski definition) is 3. The highest BCUT2D eigenvalue weighted by molar-refractivity contribution is 7.94. The van der Waals surface area contributed by atoms with Gasteiger partial charge in [-0.25, -0.2) is 43.4 Å². The highest BCUT2D eigenvalue weighted by Gasteiger charge is 2.47. The zero-order valence-corrected chi connectivity index (χ0v) is 49.4. The molecular weight excluding hydrogens is 1120 g/mol. The van der Waals surface area contributed by atoms with E-state index >= 15 is 0 Å². The van der Waals surface area contributed by atoms with E-state index < -0.39 is 105 Å². The Labute approximate surface area is 462 Å². The number of anilines is 3. The number of nitrogens with one attached hydrogen (secondary N) is 3. The summed E-state index contributed by atoms with van der Waals surface area (Å²) in [4.78, 5) is 39.6. The van der Waals surface area contributed by atoms with Crippen LogP contribution in [0.25, 0.3) is 0 Å². The molecule has 0 unspecified atom stereocenters. The minimum Gasteiger partial charge on any atom is -0.359 e. The van der Waals surface area contributed by atoms with Crippen molar-refractivity contribution < 1.29 is 70.5 Å². The quantitative estimate of drug-likeness (QED) is 0.0966. The van der Waals surface area contributed by atoms with Gasteiger partial charge in [-0.1, -0.05) is 64.9 Å². The van der Waals surface area contributed by atoms with Crippen molar-refractivity contribution in [2.75, 3.05) is 16.0 Å². The summed E-state index contributed by atoms with van der Waals surface area (Å²) in [5.74, 6) is -4.65. The summed E-state index contributed by atoms with van der Waals surface area (Å²) in [6.45, 7) is 23.7. The van der Waals surface area contributed by atoms with Gasteiger partial charge in [0.05, 0.1) is 11.3 Å². The minimum atomic E-state index is -4.60. The lowest BCUT2D eigenvalue weighted by Gasteiger charge is -2.24. The zero-order chi connectivity index (χ0) is 61.3. The third kappa shape index (κ3) is 14.3. The fourth-order valence-electron chi connectivity index (χ4n) is 6.74. The Balaban J connectivity index is 0.000000258. The van der Waals surface area contributed by atoms with Gasteiger partial charge in [-0.15, -0.1) is 0 Å². The van der Waals surface area contributed by atoms with E-state index in [2.05, 4.69) is 31.2 Å². The van der Waals surface area contributed by atoms with E-state index in [0.29, 0.717) is 40.5 Å². The summed E-state index contributed by atoms with van der Waals surface area (Å²) in [5, 5.41) is 15.3. The normalized spacial score (nSPS) is 12.8. The zero-order valence-electron chi connectivity index (χ0n) is 46.9. The fourth-order valence-corrected chi connectivity index (χ4v) is 11.0. The second-order valence-electron chi connectivity index (χ2n) is 22.2. The summed E-state index contributed by atoms with van der Waals surface area (Å²) < 4.78 is 158. The van der Waals surface area contributed by atoms with Gasteiger partial charge in [-0.2, -0.15) is 18.3 Å². The van der Waals surface area contributed by atoms with Crippen LogP contribution in [0, 0.1) is 38.2 Å². The van der Waals surface area contributed by atoms with E-state index in [1.54, 1.807) is 33.9 Å². The average molecular weight is 1180 g/mol. The molecule has 6 rings (SSSR count). The number of rotatable bonds is 12. The molecule has 0 aliphatic heterocycles. The summed E-state index contributed by atoms with van der Waals surface area (Å²) in [6, 6.07) is 15.9. The van der Waals surface area contributed by atoms with Crippen molar-refractivity contribution in [3.63, 3.8) is 0 Å². The van der Waals surface area contributed by atoms with Crippen molar-refractivity contribution in [1.29, 1.82) is 0 Å². The van der Waals surface area contributed by atoms with Crippen LogP contribution < -0.4 is 16.0 Å². The molecule has 0 fully saturated rings. The highest BCUT2D eigenvalue weighted by Crippen LogP contribution is 2.34. The van der Waals surface area contributed by atoms with Crippen LogP contribution >= 0.6 is 0 Å². The van der Waals surface area contributed by atoms with Gasteiger partial charge in [-0.3, -0.25) is 19.1 Å². The molecule has 0 atom stereocenters. The SMILES string of the molecule is Cc1ccc(S(=O)(=O)C(C)(C)C(=O)Nc2cc(C(C)(C)C)nn2C)c(F)c1.Cc1ccc(S(=O)(=O)C(C)(C)C(=O)Nc2cc(C(C)(C)C)on2)c(F)c1.Cc1ccc(S(=O)(=O)C(C)(C)C(=O)Nc2ccc(C(F)(F)F)cn2)c(F)c1. The second-order valence-corrected chi connectivity index (χ2v) is 29.7. The average Bonchev–Trinajstić information content (AvgIpc) is 3.95. The number of sulfone groups is 3. The molecule has 0 radical (unpaired) electrons. The number of carbonyl (C=O) groups excluding carboxylic acids is 3. The molecule has 6 aromatic rings. The number of carbonyl (C=O) groups is 3. The Morgan fingerprint density at radius 3 is 1.19 bits per heavy atom. The molecule has 26 heteroatoms. The first-order valence-corrected chi connectivity index (χ1v) is 28.7. The summed E-state index contributed by atoms with van der Waals surface area (Å²) in [6.07, 6.45) is -4.09. The Kier molecular flexibility index (Phi) is 19.1. The van der Waals surface area contributed by atoms with Crippen molar-refractivity contribution in [3.8, 4) is 0 Å². The number of halogens is 6. The highest BCUT2D eigenvalue weighted by atomic mass is 32.2. The third-order valence-electron chi connectivity index (χ3n) is 12.5. The van der Waals surface area contributed by atoms with E-state index in [4.69, 9.17) is 4.52 Å². The van der Waals surface area contributed by atoms with Crippen LogP contribution in [0.15, 0.2) is 104 Å². The summed E-state index contributed by atoms with van der Waals surface area (Å²) in [5.41, 5.74) is 0.872. The van der Waals surface area contributed by atoms with Gasteiger partial charge in [0.2, 0.25) is 17.7 Å². The van der Waals surface area contributed by atoms with Crippen LogP contribution in [-0.4, -0.2) is 77.1 Å². The van der Waals surface area contributed by atoms with Gasteiger partial charge >= 0.3 is 6.18 Å². The fraction of sp³-hybridized carbons (Fsp3) is 0.407. The van der Waals surface area contributed by atoms with Gasteiger partial charge in [0.15, 0.2) is 35.3 Å². The first-order valence-electron chi connectivity index (χ1n) is 24.2. The van der Waals surface area contributed by atoms with Gasteiger partial charge in [0.1, 0.15) is 63.8 Å². The van der Waals surface area contributed by atoms with E-state index in [0.717, 1.165) is 49.9 Å². The predicted octanol–water partition coefficient (Wildman–Crippen LogP) is 10.7. The van der Waals surface area contributed by atoms with E-state index in [-0.39, 0.29) is 22.5 Å². The lowest BCUT2D eigenvalue weighted by molar-refractivity contribution is -0.137. The molecule has 3 aromatic heterocycles. The lowest BCUT2D eigenvalue weighted by Crippen LogP contribution is -2.45. The molecule has 3 aromatic carbocycles. The predicted molar refractivity (Wildman–Crippen MR) is 289 cm³/mol. The van der Waals surface area contributed by atoms with Crippen LogP contribution in [0.1, 0.15) is 117 Å². The van der Waals surface area contributed by atoms with Gasteiger partial charge in [-0.05, 0) is 128 Å². The summed E-state index contributed by atoms with van der Waals surface area (Å²) >= 11 is 0. The Morgan fingerprint density at radius 1 is 0.512 bits per heavy atom. The van der Waals surface area contributed by atoms with Crippen LogP contribution in [0.3, 0.4) is 0 Å². The van der Waals surface area contributed by atoms with Crippen molar-refractivity contribution in [3.05, 3.63) is 136 Å². The smallest absolute Gasteiger partial charge is 0.359 e. The molecule has 17 nitrogen and oxygen atoms in total. The maximum Gasteiger partial charge on any atom is 0.417 e. The molecule has 0 saturated heterocycles. The Hall–Kier alpha value is -6.93. The Bertz CT molecular complexity index is 3660. The molecule has 0 aliphatic rings. The number of amides is 3. The number of nitrogens with zero attached hydrogens (tertiary/aromatic N) is 4. The van der Waals surface area contributed by atoms with Gasteiger partial charge < -0.3 is 20.5 Å². The molecule has 0 aliphatic carbocycles. The molecule has 80 heavy (non-hydrogen) atoms. The largest absolute Gasteiger partial charge is 0.417 e. The molecule has 436 valence electrons. The molecule has 0 spiro atoms. The van der Waals surface area contributed by atoms with Crippen molar-refractivity contribution in [2.45, 2.75) is 150 Å². The number of hydrogen-bond acceptors (Lipinski definition) is 13. The van der Waals surface area contributed by atoms with Crippen molar-refractivity contribution in [2.24, 2.45) is 7.05 Å². The van der Waals surface area contributed by atoms with Crippen LogP contribution in [0.4, 0.5) is 43.8 Å². The molecule has 0 bridgehead atoms. The maximum atomic E-state index is 14.2. The van der Waals surface area contributed by atoms with Crippen molar-refractivity contribution >= 4 is 64.7 Å². The Morgan fingerprint density at radius 2 is 0.887 bits per heavy atom. The van der Waals surface area contributed by atoms with Gasteiger partial charge in [0.25, 0.3) is 0 Å². The molecule has 3 amide bonds. The topological polar surface area (TPSA) is 246 Å². The van der Waals surface area contributed by atoms with Gasteiger partial charge in [0, 0.05) is 36.2 Å². The standard InChI is InChI=1S/C19H26FN3O3S.C18H23FN2O4S.C17H16F4N2O3S/c1-12-8-9-14(13(20)10-12)27(25,26)19(5,6)17(24)21-16-11-15(18(2,3)4)22-23(16)7;1-11-7-8-13(12(19)9-11)26(23,24)18(5,6)16(22)20-15-10-14(25-21-15)17(2,3)4;1-10-4-6-13(12(18)8-10)27(25,26)16(2,3)15(24)23-14-7-5-11(9-22-14)17(19,20)21/h8-11H,1-7H3,(H,21,24);7-10H,1-6H3,(H,20,21,22);4-9H,1-3H3,(H,22,23,24). The number of aryl methyl sites for hydroxylation is 4. The van der Waals surface area contributed by atoms with E-state index in [9.17, 15) is 66.0 Å². The summed E-state index contributed by atoms with van der Waals surface area (Å²) in [7, 11) is -11.3. The minimum absolute atomic E-state index is 0.104. The van der Waals surface area contributed by atoms with E-state index in [1.165, 1.54) is 68.8 Å². The monoisotopic (exact) mass is 1180 g/mol. The molecular formula is C54H65F6N7O10S3. The second kappa shape index (κ2) is 23.3. The molecule has 3 N–H and O–H groups in total. The first-order chi connectivity index (χ1) is 36.2. The van der Waals surface area contributed by atoms with E-state index in [1.807, 2.05) is 41.5 Å². The molecule has 3 heterocycles. The molecule has 0 saturated carbocycles. The number of benzene rings is 3. The third-order valence-corrected chi connectivity index (χ3v) is 19.8. The lowest BCUT2D eigenvalue weighted by atomic mass is 9.92. The van der Waals surface area contributed by atoms with Crippen LogP contribution in [-0.2, 0) is 67.9 Å². The van der Waals surface area contributed by atoms with Crippen molar-refractivity contribution in [1.82, 2.24) is 19.9 Å². The van der Waals surface area contributed by atoms with Crippen LogP contribution in [0.2, 0.25) is 0 Å². The first kappa shape index (κ1) is 65.6.